The highest BCUT2D eigenvalue weighted by atomic mass is 32.1. The Morgan fingerprint density at radius 3 is 1.96 bits per heavy atom. The summed E-state index contributed by atoms with van der Waals surface area (Å²) in [6.45, 7) is 4.06. The maximum atomic E-state index is 6.05. The Bertz CT molecular complexity index is 2210. The summed E-state index contributed by atoms with van der Waals surface area (Å²) in [4.78, 5) is 36.3. The number of nitrogens with zero attached hydrogens (tertiary/aromatic N) is 7. The zero-order chi connectivity index (χ0) is 30.8. The Labute approximate surface area is 266 Å². The molecule has 0 radical (unpaired) electrons. The molecule has 0 saturated carbocycles. The number of aromatic nitrogens is 8. The summed E-state index contributed by atoms with van der Waals surface area (Å²) < 4.78 is 0. The molecule has 0 spiro atoms. The molecule has 0 saturated heterocycles. The summed E-state index contributed by atoms with van der Waals surface area (Å²) in [6.07, 6.45) is 6.70. The average molecular weight is 629 g/mol. The van der Waals surface area contributed by atoms with Crippen molar-refractivity contribution in [2.75, 3.05) is 5.32 Å². The normalized spacial score (nSPS) is 12.6. The highest BCUT2D eigenvalue weighted by molar-refractivity contribution is 7.17. The summed E-state index contributed by atoms with van der Waals surface area (Å²) in [5, 5.41) is 9.84. The largest absolute Gasteiger partial charge is 0.362 e. The van der Waals surface area contributed by atoms with Crippen LogP contribution in [0.2, 0.25) is 0 Å². The Morgan fingerprint density at radius 1 is 0.733 bits per heavy atom. The number of hydrogen-bond acceptors (Lipinski definition) is 11. The van der Waals surface area contributed by atoms with Gasteiger partial charge in [0.15, 0.2) is 11.5 Å². The second kappa shape index (κ2) is 12.4. The summed E-state index contributed by atoms with van der Waals surface area (Å²) in [5.74, 6) is 0.711. The molecular weight excluding hydrogens is 601 g/mol. The first-order chi connectivity index (χ1) is 22.0. The number of nitrogens with two attached hydrogens (primary N) is 1. The van der Waals surface area contributed by atoms with E-state index in [1.165, 1.54) is 6.33 Å². The van der Waals surface area contributed by atoms with Gasteiger partial charge in [-0.15, -0.1) is 22.7 Å². The van der Waals surface area contributed by atoms with Crippen LogP contribution in [-0.4, -0.2) is 39.9 Å². The number of H-pyrrole nitrogens is 1. The predicted molar refractivity (Wildman–Crippen MR) is 182 cm³/mol. The van der Waals surface area contributed by atoms with Gasteiger partial charge in [-0.25, -0.2) is 24.9 Å². The fourth-order valence-electron chi connectivity index (χ4n) is 5.08. The van der Waals surface area contributed by atoms with Crippen molar-refractivity contribution in [2.45, 2.75) is 25.9 Å². The van der Waals surface area contributed by atoms with Gasteiger partial charge in [0.1, 0.15) is 21.5 Å². The lowest BCUT2D eigenvalue weighted by molar-refractivity contribution is 0.816. The van der Waals surface area contributed by atoms with Gasteiger partial charge < -0.3 is 16.0 Å². The summed E-state index contributed by atoms with van der Waals surface area (Å²) in [7, 11) is 0. The number of fused-ring (bicyclic) bond motifs is 3. The van der Waals surface area contributed by atoms with Crippen molar-refractivity contribution in [2.24, 2.45) is 5.73 Å². The van der Waals surface area contributed by atoms with Crippen LogP contribution in [0.25, 0.3) is 54.4 Å². The highest BCUT2D eigenvalue weighted by Crippen LogP contribution is 2.33. The fourth-order valence-corrected chi connectivity index (χ4v) is 6.58. The molecule has 2 unspecified atom stereocenters. The van der Waals surface area contributed by atoms with E-state index in [1.807, 2.05) is 48.7 Å². The van der Waals surface area contributed by atoms with Gasteiger partial charge in [-0.1, -0.05) is 12.1 Å². The van der Waals surface area contributed by atoms with E-state index in [0.717, 1.165) is 59.9 Å². The summed E-state index contributed by atoms with van der Waals surface area (Å²) in [5.41, 5.74) is 13.1. The molecule has 222 valence electrons. The molecule has 0 fully saturated rings. The molecule has 8 heterocycles. The van der Waals surface area contributed by atoms with E-state index in [2.05, 4.69) is 71.8 Å². The van der Waals surface area contributed by atoms with Gasteiger partial charge in [-0.2, -0.15) is 0 Å². The number of rotatable bonds is 6. The molecule has 0 bridgehead atoms. The van der Waals surface area contributed by atoms with Crippen molar-refractivity contribution in [3.05, 3.63) is 108 Å². The van der Waals surface area contributed by atoms with Crippen LogP contribution in [0.3, 0.4) is 0 Å². The van der Waals surface area contributed by atoms with Crippen LogP contribution in [0.15, 0.2) is 96.5 Å². The Morgan fingerprint density at radius 2 is 1.36 bits per heavy atom. The van der Waals surface area contributed by atoms with Gasteiger partial charge in [0, 0.05) is 34.8 Å². The first-order valence-electron chi connectivity index (χ1n) is 14.3. The standard InChI is InChI=1S/C19H15N7S.C14H13N3S/c1-11(25-18-16-17(22-9-21-16)23-10-24-18)13-8-12-5-7-27-19(12)26-15(13)14-4-2-3-6-20-14;1-9(15)11-8-10-5-7-18-14(10)17-13(11)12-4-2-3-6-16-12/h2-11H,1H3,(H2,21,22,23,24,25);2-9H,15H2,1H3. The molecule has 8 aromatic heterocycles. The zero-order valence-electron chi connectivity index (χ0n) is 24.4. The molecule has 2 atom stereocenters. The lowest BCUT2D eigenvalue weighted by atomic mass is 10.0. The van der Waals surface area contributed by atoms with Crippen LogP contribution in [0.5, 0.6) is 0 Å². The van der Waals surface area contributed by atoms with Gasteiger partial charge in [0.2, 0.25) is 0 Å². The molecule has 0 aliphatic carbocycles. The van der Waals surface area contributed by atoms with Gasteiger partial charge in [0.05, 0.1) is 35.1 Å². The van der Waals surface area contributed by atoms with E-state index >= 15 is 0 Å². The van der Waals surface area contributed by atoms with Gasteiger partial charge in [0.25, 0.3) is 0 Å². The quantitative estimate of drug-likeness (QED) is 0.170. The molecule has 0 aromatic carbocycles. The number of aromatic amines is 1. The van der Waals surface area contributed by atoms with Crippen molar-refractivity contribution in [3.8, 4) is 22.8 Å². The van der Waals surface area contributed by atoms with Crippen LogP contribution in [0, 0.1) is 0 Å². The molecule has 4 N–H and O–H groups in total. The minimum absolute atomic E-state index is 0.0415. The Hall–Kier alpha value is -5.17. The van der Waals surface area contributed by atoms with Crippen LogP contribution >= 0.6 is 22.7 Å². The predicted octanol–water partition coefficient (Wildman–Crippen LogP) is 7.58. The molecule has 10 nitrogen and oxygen atoms in total. The van der Waals surface area contributed by atoms with Crippen LogP contribution in [0.4, 0.5) is 5.82 Å². The van der Waals surface area contributed by atoms with Crippen LogP contribution < -0.4 is 11.1 Å². The van der Waals surface area contributed by atoms with E-state index in [4.69, 9.17) is 15.7 Å². The van der Waals surface area contributed by atoms with Gasteiger partial charge in [-0.3, -0.25) is 9.97 Å². The van der Waals surface area contributed by atoms with E-state index in [0.29, 0.717) is 11.5 Å². The lowest BCUT2D eigenvalue weighted by Crippen LogP contribution is -2.11. The van der Waals surface area contributed by atoms with E-state index in [9.17, 15) is 0 Å². The van der Waals surface area contributed by atoms with Crippen molar-refractivity contribution < 1.29 is 0 Å². The van der Waals surface area contributed by atoms with E-state index < -0.39 is 0 Å². The van der Waals surface area contributed by atoms with Crippen molar-refractivity contribution in [1.82, 2.24) is 39.9 Å². The molecule has 45 heavy (non-hydrogen) atoms. The van der Waals surface area contributed by atoms with Gasteiger partial charge in [-0.05, 0) is 78.7 Å². The van der Waals surface area contributed by atoms with Crippen molar-refractivity contribution in [3.63, 3.8) is 0 Å². The number of anilines is 1. The fraction of sp³-hybridized carbons (Fsp3) is 0.121. The van der Waals surface area contributed by atoms with E-state index in [1.54, 1.807) is 41.4 Å². The molecular formula is C33H28N10S2. The number of nitrogens with one attached hydrogen (secondary N) is 2. The molecule has 8 rings (SSSR count). The smallest absolute Gasteiger partial charge is 0.182 e. The lowest BCUT2D eigenvalue weighted by Gasteiger charge is -2.18. The third kappa shape index (κ3) is 5.86. The summed E-state index contributed by atoms with van der Waals surface area (Å²) >= 11 is 3.27. The van der Waals surface area contributed by atoms with E-state index in [-0.39, 0.29) is 12.1 Å². The van der Waals surface area contributed by atoms with Gasteiger partial charge >= 0.3 is 0 Å². The first-order valence-corrected chi connectivity index (χ1v) is 16.1. The first kappa shape index (κ1) is 28.6. The van der Waals surface area contributed by atoms with Crippen LogP contribution in [0.1, 0.15) is 37.1 Å². The molecule has 8 aromatic rings. The van der Waals surface area contributed by atoms with Crippen molar-refractivity contribution >= 4 is 60.1 Å². The number of thiophene rings is 2. The topological polar surface area (TPSA) is 144 Å². The third-order valence-electron chi connectivity index (χ3n) is 7.29. The minimum atomic E-state index is -0.0567. The molecule has 0 aliphatic heterocycles. The average Bonchev–Trinajstić information content (AvgIpc) is 3.85. The molecule has 0 amide bonds. The monoisotopic (exact) mass is 628 g/mol. The number of pyridine rings is 4. The summed E-state index contributed by atoms with van der Waals surface area (Å²) in [6, 6.07) is 20.0. The maximum absolute atomic E-state index is 6.05. The van der Waals surface area contributed by atoms with Crippen LogP contribution in [-0.2, 0) is 0 Å². The minimum Gasteiger partial charge on any atom is -0.362 e. The van der Waals surface area contributed by atoms with Crippen molar-refractivity contribution in [1.29, 1.82) is 0 Å². The number of imidazole rings is 1. The Balaban J connectivity index is 0.000000157. The zero-order valence-corrected chi connectivity index (χ0v) is 26.0. The Kier molecular flexibility index (Phi) is 7.91. The highest BCUT2D eigenvalue weighted by Gasteiger charge is 2.18. The molecule has 0 aliphatic rings. The second-order valence-electron chi connectivity index (χ2n) is 10.4. The third-order valence-corrected chi connectivity index (χ3v) is 8.94. The SMILES string of the molecule is CC(N)c1cc2ccsc2nc1-c1ccccn1.CC(Nc1ncnc2nc[nH]c12)c1cc2ccsc2nc1-c1ccccn1. The maximum Gasteiger partial charge on any atom is 0.182 e. The molecule has 12 heteroatoms. The number of hydrogen-bond donors (Lipinski definition) is 3. The second-order valence-corrected chi connectivity index (χ2v) is 12.2.